The van der Waals surface area contributed by atoms with Crippen LogP contribution in [0.4, 0.5) is 0 Å². The number of carbonyl (C=O) groups excluding carboxylic acids is 1. The third-order valence-corrected chi connectivity index (χ3v) is 7.75. The van der Waals surface area contributed by atoms with Crippen molar-refractivity contribution in [1.29, 1.82) is 0 Å². The lowest BCUT2D eigenvalue weighted by molar-refractivity contribution is -0.138. The van der Waals surface area contributed by atoms with Gasteiger partial charge in [-0.05, 0) is 43.5 Å². The van der Waals surface area contributed by atoms with Gasteiger partial charge in [0, 0.05) is 23.2 Å². The van der Waals surface area contributed by atoms with Gasteiger partial charge in [-0.3, -0.25) is 9.59 Å². The summed E-state index contributed by atoms with van der Waals surface area (Å²) in [6.07, 6.45) is 5.00. The Kier molecular flexibility index (Phi) is 9.25. The average Bonchev–Trinajstić information content (AvgIpc) is 3.37. The minimum absolute atomic E-state index is 0.237. The SMILES string of the molecule is CCCCCn1cc(C(=O)NC(c2ccccc2)c2ccccc2)nc1-c1ccc(SC(C)(C)C(=O)O)cc1. The second-order valence-corrected chi connectivity index (χ2v) is 11.7. The third-order valence-electron chi connectivity index (χ3n) is 6.55. The fourth-order valence-corrected chi connectivity index (χ4v) is 5.27. The lowest BCUT2D eigenvalue weighted by atomic mass is 9.98. The van der Waals surface area contributed by atoms with E-state index in [1.54, 1.807) is 13.8 Å². The lowest BCUT2D eigenvalue weighted by Crippen LogP contribution is -2.29. The van der Waals surface area contributed by atoms with Gasteiger partial charge in [-0.2, -0.15) is 0 Å². The smallest absolute Gasteiger partial charge is 0.319 e. The van der Waals surface area contributed by atoms with E-state index in [9.17, 15) is 14.7 Å². The summed E-state index contributed by atoms with van der Waals surface area (Å²) in [5.41, 5.74) is 3.24. The number of carbonyl (C=O) groups is 2. The van der Waals surface area contributed by atoms with Crippen molar-refractivity contribution in [2.75, 3.05) is 0 Å². The van der Waals surface area contributed by atoms with Crippen LogP contribution in [0, 0.1) is 0 Å². The van der Waals surface area contributed by atoms with Crippen molar-refractivity contribution in [2.45, 2.75) is 62.3 Å². The van der Waals surface area contributed by atoms with E-state index in [1.165, 1.54) is 11.8 Å². The molecule has 4 rings (SSSR count). The summed E-state index contributed by atoms with van der Waals surface area (Å²) >= 11 is 1.30. The third kappa shape index (κ3) is 7.18. The Morgan fingerprint density at radius 2 is 1.51 bits per heavy atom. The molecule has 0 spiro atoms. The van der Waals surface area contributed by atoms with Gasteiger partial charge in [0.05, 0.1) is 6.04 Å². The maximum atomic E-state index is 13.6. The van der Waals surface area contributed by atoms with Crippen LogP contribution >= 0.6 is 11.8 Å². The Hall–Kier alpha value is -3.84. The van der Waals surface area contributed by atoms with Crippen LogP contribution in [0.3, 0.4) is 0 Å². The first-order valence-corrected chi connectivity index (χ1v) is 14.1. The minimum Gasteiger partial charge on any atom is -0.480 e. The minimum atomic E-state index is -0.931. The number of unbranched alkanes of at least 4 members (excludes halogenated alkanes) is 2. The predicted octanol–water partition coefficient (Wildman–Crippen LogP) is 7.22. The fourth-order valence-electron chi connectivity index (χ4n) is 4.32. The van der Waals surface area contributed by atoms with E-state index in [4.69, 9.17) is 4.98 Å². The topological polar surface area (TPSA) is 84.2 Å². The van der Waals surface area contributed by atoms with E-state index >= 15 is 0 Å². The number of hydrogen-bond acceptors (Lipinski definition) is 4. The van der Waals surface area contributed by atoms with E-state index in [-0.39, 0.29) is 11.9 Å². The number of nitrogens with zero attached hydrogens (tertiary/aromatic N) is 2. The number of rotatable bonds is 12. The number of amides is 1. The molecule has 0 aliphatic carbocycles. The Labute approximate surface area is 234 Å². The molecule has 2 N–H and O–H groups in total. The molecule has 0 saturated carbocycles. The molecule has 0 aliphatic rings. The van der Waals surface area contributed by atoms with Crippen LogP contribution in [0.5, 0.6) is 0 Å². The second-order valence-electron chi connectivity index (χ2n) is 10.0. The van der Waals surface area contributed by atoms with E-state index in [0.717, 1.165) is 53.2 Å². The summed E-state index contributed by atoms with van der Waals surface area (Å²) in [5, 5.41) is 12.7. The Morgan fingerprint density at radius 3 is 2.05 bits per heavy atom. The van der Waals surface area contributed by atoms with Crippen molar-refractivity contribution in [3.8, 4) is 11.4 Å². The van der Waals surface area contributed by atoms with Gasteiger partial charge < -0.3 is 15.0 Å². The maximum Gasteiger partial charge on any atom is 0.319 e. The maximum absolute atomic E-state index is 13.6. The first kappa shape index (κ1) is 28.2. The number of hydrogen-bond donors (Lipinski definition) is 2. The molecule has 0 radical (unpaired) electrons. The fraction of sp³-hybridized carbons (Fsp3) is 0.281. The molecule has 4 aromatic rings. The zero-order valence-electron chi connectivity index (χ0n) is 22.6. The Bertz CT molecular complexity index is 1340. The van der Waals surface area contributed by atoms with Crippen LogP contribution in [0.1, 0.15) is 67.7 Å². The summed E-state index contributed by atoms with van der Waals surface area (Å²) in [6.45, 7) is 6.30. The molecule has 1 amide bonds. The number of nitrogens with one attached hydrogen (secondary N) is 1. The van der Waals surface area contributed by atoms with E-state index < -0.39 is 10.7 Å². The number of thioether (sulfide) groups is 1. The molecule has 0 aliphatic heterocycles. The van der Waals surface area contributed by atoms with Gasteiger partial charge in [-0.15, -0.1) is 11.8 Å². The molecule has 6 nitrogen and oxygen atoms in total. The standard InChI is InChI=1S/C32H35N3O3S/c1-4-5-12-21-35-22-27(33-29(35)25-17-19-26(20-18-25)39-32(2,3)31(37)38)30(36)34-28(23-13-8-6-9-14-23)24-15-10-7-11-16-24/h6-11,13-20,22,28H,4-5,12,21H2,1-3H3,(H,34,36)(H,37,38). The van der Waals surface area contributed by atoms with Crippen molar-refractivity contribution < 1.29 is 14.7 Å². The number of imidazole rings is 1. The zero-order valence-corrected chi connectivity index (χ0v) is 23.4. The van der Waals surface area contributed by atoms with Crippen LogP contribution in [0.2, 0.25) is 0 Å². The van der Waals surface area contributed by atoms with Gasteiger partial charge in [0.1, 0.15) is 16.3 Å². The van der Waals surface area contributed by atoms with Crippen molar-refractivity contribution >= 4 is 23.6 Å². The number of carboxylic acids is 1. The highest BCUT2D eigenvalue weighted by Crippen LogP contribution is 2.34. The summed E-state index contributed by atoms with van der Waals surface area (Å²) in [5.74, 6) is -0.372. The van der Waals surface area contributed by atoms with E-state index in [2.05, 4.69) is 12.2 Å². The van der Waals surface area contributed by atoms with Gasteiger partial charge >= 0.3 is 5.97 Å². The highest BCUT2D eigenvalue weighted by Gasteiger charge is 2.28. The molecule has 0 bridgehead atoms. The zero-order chi connectivity index (χ0) is 27.8. The molecule has 0 fully saturated rings. The summed E-state index contributed by atoms with van der Waals surface area (Å²) < 4.78 is 1.12. The molecule has 202 valence electrons. The number of aromatic nitrogens is 2. The molecule has 7 heteroatoms. The van der Waals surface area contributed by atoms with Gasteiger partial charge in [0.15, 0.2) is 0 Å². The molecular weight excluding hydrogens is 506 g/mol. The lowest BCUT2D eigenvalue weighted by Gasteiger charge is -2.19. The van der Waals surface area contributed by atoms with Gasteiger partial charge in [0.25, 0.3) is 5.91 Å². The highest BCUT2D eigenvalue weighted by molar-refractivity contribution is 8.01. The second kappa shape index (κ2) is 12.8. The van der Waals surface area contributed by atoms with Crippen LogP contribution in [0.25, 0.3) is 11.4 Å². The van der Waals surface area contributed by atoms with Crippen molar-refractivity contribution in [3.05, 3.63) is 108 Å². The van der Waals surface area contributed by atoms with Crippen LogP contribution in [-0.4, -0.2) is 31.3 Å². The molecular formula is C32H35N3O3S. The van der Waals surface area contributed by atoms with Crippen LogP contribution < -0.4 is 5.32 Å². The van der Waals surface area contributed by atoms with E-state index in [1.807, 2.05) is 95.7 Å². The number of aryl methyl sites for hydroxylation is 1. The first-order valence-electron chi connectivity index (χ1n) is 13.3. The number of aliphatic carboxylic acids is 1. The van der Waals surface area contributed by atoms with Gasteiger partial charge in [-0.1, -0.05) is 92.6 Å². The number of carboxylic acid groups (broad SMARTS) is 1. The number of benzene rings is 3. The Balaban J connectivity index is 1.62. The van der Waals surface area contributed by atoms with Gasteiger partial charge in [0.2, 0.25) is 0 Å². The molecule has 0 saturated heterocycles. The molecule has 0 atom stereocenters. The molecule has 39 heavy (non-hydrogen) atoms. The summed E-state index contributed by atoms with van der Waals surface area (Å²) in [6, 6.07) is 27.3. The summed E-state index contributed by atoms with van der Waals surface area (Å²) in [7, 11) is 0. The Morgan fingerprint density at radius 1 is 0.923 bits per heavy atom. The van der Waals surface area contributed by atoms with Gasteiger partial charge in [-0.25, -0.2) is 4.98 Å². The van der Waals surface area contributed by atoms with Crippen molar-refractivity contribution in [1.82, 2.24) is 14.9 Å². The van der Waals surface area contributed by atoms with Crippen LogP contribution in [0.15, 0.2) is 96.0 Å². The molecule has 0 unspecified atom stereocenters. The van der Waals surface area contributed by atoms with Crippen molar-refractivity contribution in [3.63, 3.8) is 0 Å². The highest BCUT2D eigenvalue weighted by atomic mass is 32.2. The molecule has 1 aromatic heterocycles. The largest absolute Gasteiger partial charge is 0.480 e. The first-order chi connectivity index (χ1) is 18.8. The van der Waals surface area contributed by atoms with E-state index in [0.29, 0.717) is 5.69 Å². The quantitative estimate of drug-likeness (QED) is 0.146. The van der Waals surface area contributed by atoms with Crippen molar-refractivity contribution in [2.24, 2.45) is 0 Å². The summed E-state index contributed by atoms with van der Waals surface area (Å²) in [4.78, 5) is 30.7. The van der Waals surface area contributed by atoms with Crippen LogP contribution in [-0.2, 0) is 11.3 Å². The monoisotopic (exact) mass is 541 g/mol. The normalized spacial score (nSPS) is 11.5. The molecule has 1 heterocycles. The average molecular weight is 542 g/mol. The predicted molar refractivity (Wildman–Crippen MR) is 157 cm³/mol. The molecule has 3 aromatic carbocycles.